The van der Waals surface area contributed by atoms with Crippen molar-refractivity contribution in [3.8, 4) is 0 Å². The zero-order valence-corrected chi connectivity index (χ0v) is 12.1. The molecule has 20 heavy (non-hydrogen) atoms. The number of ether oxygens (including phenoxy) is 2. The van der Waals surface area contributed by atoms with Gasteiger partial charge >= 0.3 is 0 Å². The van der Waals surface area contributed by atoms with Crippen LogP contribution in [0.2, 0.25) is 0 Å². The summed E-state index contributed by atoms with van der Waals surface area (Å²) in [5, 5.41) is 40.1. The Bertz CT molecular complexity index is 250. The molecular formula is C14H27O6. The van der Waals surface area contributed by atoms with Crippen LogP contribution in [0.1, 0.15) is 45.4 Å². The fraction of sp³-hybridized carbons (Fsp3) is 1.00. The number of hydrogen-bond donors (Lipinski definition) is 3. The molecule has 3 N–H and O–H groups in total. The molecule has 1 aliphatic heterocycles. The molecule has 6 nitrogen and oxygen atoms in total. The summed E-state index contributed by atoms with van der Waals surface area (Å²) in [6.45, 7) is 2.03. The van der Waals surface area contributed by atoms with Gasteiger partial charge in [-0.05, 0) is 6.42 Å². The van der Waals surface area contributed by atoms with E-state index in [0.717, 1.165) is 19.3 Å². The first-order valence-electron chi connectivity index (χ1n) is 7.51. The average Bonchev–Trinajstić information content (AvgIpc) is 2.45. The molecule has 1 unspecified atom stereocenters. The Kier molecular flexibility index (Phi) is 8.60. The van der Waals surface area contributed by atoms with Crippen molar-refractivity contribution in [3.63, 3.8) is 0 Å². The van der Waals surface area contributed by atoms with Crippen molar-refractivity contribution >= 4 is 0 Å². The number of aliphatic hydroxyl groups excluding tert-OH is 3. The van der Waals surface area contributed by atoms with Crippen molar-refractivity contribution in [2.24, 2.45) is 0 Å². The van der Waals surface area contributed by atoms with E-state index < -0.39 is 37.3 Å². The normalized spacial score (nSPS) is 34.4. The third kappa shape index (κ3) is 5.27. The number of hydrogen-bond acceptors (Lipinski definition) is 5. The van der Waals surface area contributed by atoms with E-state index >= 15 is 0 Å². The Hall–Kier alpha value is -0.240. The van der Waals surface area contributed by atoms with Crippen LogP contribution in [0.25, 0.3) is 0 Å². The molecule has 0 amide bonds. The second kappa shape index (κ2) is 9.65. The fourth-order valence-corrected chi connectivity index (χ4v) is 2.34. The first-order valence-corrected chi connectivity index (χ1v) is 7.51. The van der Waals surface area contributed by atoms with E-state index in [1.54, 1.807) is 0 Å². The first-order chi connectivity index (χ1) is 9.61. The summed E-state index contributed by atoms with van der Waals surface area (Å²) in [5.74, 6) is 0. The molecule has 0 aromatic rings. The van der Waals surface area contributed by atoms with Crippen LogP contribution in [-0.4, -0.2) is 59.2 Å². The lowest BCUT2D eigenvalue weighted by atomic mass is 9.99. The summed E-state index contributed by atoms with van der Waals surface area (Å²) in [4.78, 5) is 0. The molecule has 1 aliphatic rings. The zero-order chi connectivity index (χ0) is 15.0. The van der Waals surface area contributed by atoms with Gasteiger partial charge in [0.25, 0.3) is 0 Å². The quantitative estimate of drug-likeness (QED) is 0.540. The van der Waals surface area contributed by atoms with E-state index in [2.05, 4.69) is 6.92 Å². The lowest BCUT2D eigenvalue weighted by molar-refractivity contribution is -0.312. The highest BCUT2D eigenvalue weighted by atomic mass is 16.7. The monoisotopic (exact) mass is 291 g/mol. The molecule has 1 fully saturated rings. The van der Waals surface area contributed by atoms with Crippen molar-refractivity contribution in [3.05, 3.63) is 0 Å². The molecule has 1 heterocycles. The van der Waals surface area contributed by atoms with E-state index in [-0.39, 0.29) is 0 Å². The van der Waals surface area contributed by atoms with Crippen LogP contribution in [-0.2, 0) is 14.6 Å². The Balaban J connectivity index is 2.22. The van der Waals surface area contributed by atoms with Gasteiger partial charge in [0.15, 0.2) is 0 Å². The van der Waals surface area contributed by atoms with E-state index in [1.165, 1.54) is 19.3 Å². The van der Waals surface area contributed by atoms with Crippen LogP contribution in [0.5, 0.6) is 0 Å². The Morgan fingerprint density at radius 2 is 1.70 bits per heavy atom. The molecule has 0 saturated carbocycles. The SMILES string of the molecule is CCCCCCCCO[C@H]1C([O])O[C@H](CO)[C@@H](O)[C@@H]1O. The fourth-order valence-electron chi connectivity index (χ4n) is 2.34. The third-order valence-electron chi connectivity index (χ3n) is 3.63. The van der Waals surface area contributed by atoms with E-state index in [4.69, 9.17) is 14.6 Å². The second-order valence-corrected chi connectivity index (χ2v) is 5.31. The van der Waals surface area contributed by atoms with E-state index in [0.29, 0.717) is 6.61 Å². The molecular weight excluding hydrogens is 264 g/mol. The van der Waals surface area contributed by atoms with Gasteiger partial charge < -0.3 is 24.8 Å². The van der Waals surface area contributed by atoms with Gasteiger partial charge in [0.05, 0.1) is 6.61 Å². The van der Waals surface area contributed by atoms with Gasteiger partial charge in [-0.3, -0.25) is 0 Å². The van der Waals surface area contributed by atoms with Crippen molar-refractivity contribution < 1.29 is 29.9 Å². The standard InChI is InChI=1S/C14H27O6/c1-2-3-4-5-6-7-8-19-13-12(17)11(16)10(9-15)20-14(13)18/h10-17H,2-9H2,1H3/t10-,11-,12+,13-,14?/m1/s1. The number of aliphatic hydroxyl groups is 3. The Labute approximate surface area is 120 Å². The summed E-state index contributed by atoms with van der Waals surface area (Å²) in [5.41, 5.74) is 0. The molecule has 0 aromatic heterocycles. The first kappa shape index (κ1) is 17.8. The molecule has 1 saturated heterocycles. The molecule has 1 rings (SSSR count). The van der Waals surface area contributed by atoms with Gasteiger partial charge in [-0.25, -0.2) is 0 Å². The van der Waals surface area contributed by atoms with Crippen LogP contribution in [0.3, 0.4) is 0 Å². The highest BCUT2D eigenvalue weighted by molar-refractivity contribution is 4.89. The van der Waals surface area contributed by atoms with Crippen molar-refractivity contribution in [1.82, 2.24) is 0 Å². The van der Waals surface area contributed by atoms with E-state index in [1.807, 2.05) is 0 Å². The molecule has 0 bridgehead atoms. The molecule has 1 radical (unpaired) electrons. The van der Waals surface area contributed by atoms with Crippen molar-refractivity contribution in [2.45, 2.75) is 76.2 Å². The van der Waals surface area contributed by atoms with Gasteiger partial charge in [-0.2, -0.15) is 5.11 Å². The lowest BCUT2D eigenvalue weighted by Crippen LogP contribution is -2.59. The summed E-state index contributed by atoms with van der Waals surface area (Å²) < 4.78 is 10.2. The van der Waals surface area contributed by atoms with Crippen LogP contribution in [0.15, 0.2) is 0 Å². The molecule has 0 aromatic carbocycles. The predicted molar refractivity (Wildman–Crippen MR) is 71.6 cm³/mol. The van der Waals surface area contributed by atoms with Crippen molar-refractivity contribution in [2.75, 3.05) is 13.2 Å². The van der Waals surface area contributed by atoms with Crippen LogP contribution in [0, 0.1) is 0 Å². The summed E-state index contributed by atoms with van der Waals surface area (Å²) in [6, 6.07) is 0. The largest absolute Gasteiger partial charge is 0.394 e. The maximum absolute atomic E-state index is 11.7. The minimum Gasteiger partial charge on any atom is -0.394 e. The second-order valence-electron chi connectivity index (χ2n) is 5.31. The predicted octanol–water partition coefficient (Wildman–Crippen LogP) is 0.602. The van der Waals surface area contributed by atoms with Crippen LogP contribution in [0.4, 0.5) is 0 Å². The van der Waals surface area contributed by atoms with Gasteiger partial charge in [0.2, 0.25) is 6.29 Å². The number of rotatable bonds is 9. The summed E-state index contributed by atoms with van der Waals surface area (Å²) in [6.07, 6.45) is 0.300. The lowest BCUT2D eigenvalue weighted by Gasteiger charge is -2.38. The molecule has 0 spiro atoms. The Morgan fingerprint density at radius 1 is 1.05 bits per heavy atom. The van der Waals surface area contributed by atoms with Crippen LogP contribution < -0.4 is 0 Å². The highest BCUT2D eigenvalue weighted by Gasteiger charge is 2.45. The van der Waals surface area contributed by atoms with Gasteiger partial charge in [-0.1, -0.05) is 39.0 Å². The smallest absolute Gasteiger partial charge is 0.220 e. The van der Waals surface area contributed by atoms with Gasteiger partial charge in [-0.15, -0.1) is 0 Å². The van der Waals surface area contributed by atoms with Gasteiger partial charge in [0, 0.05) is 6.61 Å². The maximum Gasteiger partial charge on any atom is 0.220 e. The van der Waals surface area contributed by atoms with Crippen molar-refractivity contribution in [1.29, 1.82) is 0 Å². The topological polar surface area (TPSA) is 99.1 Å². The minimum absolute atomic E-state index is 0.368. The number of unbranched alkanes of at least 4 members (excludes halogenated alkanes) is 5. The van der Waals surface area contributed by atoms with E-state index in [9.17, 15) is 15.3 Å². The van der Waals surface area contributed by atoms with Crippen LogP contribution >= 0.6 is 0 Å². The summed E-state index contributed by atoms with van der Waals surface area (Å²) >= 11 is 0. The average molecular weight is 291 g/mol. The van der Waals surface area contributed by atoms with Gasteiger partial charge in [0.1, 0.15) is 24.4 Å². The molecule has 119 valence electrons. The minimum atomic E-state index is -1.58. The molecule has 5 atom stereocenters. The molecule has 0 aliphatic carbocycles. The summed E-state index contributed by atoms with van der Waals surface area (Å²) in [7, 11) is 0. The Morgan fingerprint density at radius 3 is 2.35 bits per heavy atom. The zero-order valence-electron chi connectivity index (χ0n) is 12.1. The maximum atomic E-state index is 11.7. The molecule has 6 heteroatoms. The third-order valence-corrected chi connectivity index (χ3v) is 3.63. The highest BCUT2D eigenvalue weighted by Crippen LogP contribution is 2.22.